The lowest BCUT2D eigenvalue weighted by Gasteiger charge is -2.18. The van der Waals surface area contributed by atoms with Crippen molar-refractivity contribution in [3.63, 3.8) is 0 Å². The molecule has 8 heteroatoms. The van der Waals surface area contributed by atoms with Gasteiger partial charge in [0.05, 0.1) is 5.56 Å². The average molecular weight is 369 g/mol. The van der Waals surface area contributed by atoms with Crippen molar-refractivity contribution in [1.82, 2.24) is 5.32 Å². The third-order valence-corrected chi connectivity index (χ3v) is 3.43. The predicted octanol–water partition coefficient (Wildman–Crippen LogP) is 3.50. The first-order valence-electron chi connectivity index (χ1n) is 7.60. The maximum absolute atomic E-state index is 13.3. The number of nitrogens with one attached hydrogen (secondary N) is 1. The van der Waals surface area contributed by atoms with Crippen LogP contribution in [0, 0.1) is 5.82 Å². The van der Waals surface area contributed by atoms with Gasteiger partial charge in [-0.15, -0.1) is 0 Å². The molecule has 4 nitrogen and oxygen atoms in total. The van der Waals surface area contributed by atoms with Crippen LogP contribution in [0.15, 0.2) is 48.5 Å². The quantitative estimate of drug-likeness (QED) is 0.600. The molecule has 0 fully saturated rings. The van der Waals surface area contributed by atoms with Crippen LogP contribution < -0.4 is 10.1 Å². The molecule has 0 saturated carbocycles. The zero-order valence-corrected chi connectivity index (χ0v) is 13.4. The van der Waals surface area contributed by atoms with Gasteiger partial charge in [0.15, 0.2) is 6.10 Å². The van der Waals surface area contributed by atoms with Gasteiger partial charge >= 0.3 is 6.18 Å². The molecule has 0 bridgehead atoms. The summed E-state index contributed by atoms with van der Waals surface area (Å²) in [5.41, 5.74) is -0.712. The molecule has 0 radical (unpaired) electrons. The first-order valence-corrected chi connectivity index (χ1v) is 7.60. The van der Waals surface area contributed by atoms with Crippen molar-refractivity contribution in [2.75, 3.05) is 0 Å². The summed E-state index contributed by atoms with van der Waals surface area (Å²) in [6.07, 6.45) is -6.18. The molecule has 26 heavy (non-hydrogen) atoms. The lowest BCUT2D eigenvalue weighted by Crippen LogP contribution is -2.38. The molecule has 1 amide bonds. The fraction of sp³-hybridized carbons (Fsp3) is 0.222. The van der Waals surface area contributed by atoms with E-state index in [2.05, 4.69) is 5.32 Å². The van der Waals surface area contributed by atoms with Crippen LogP contribution in [0.1, 0.15) is 17.5 Å². The van der Waals surface area contributed by atoms with E-state index >= 15 is 0 Å². The minimum Gasteiger partial charge on any atom is -0.480 e. The molecule has 1 atom stereocenters. The van der Waals surface area contributed by atoms with Gasteiger partial charge < -0.3 is 14.8 Å². The maximum atomic E-state index is 13.3. The van der Waals surface area contributed by atoms with Crippen molar-refractivity contribution < 1.29 is 31.9 Å². The number of hydrogen-bond donors (Lipinski definition) is 1. The number of carbonyl (C=O) groups is 2. The summed E-state index contributed by atoms with van der Waals surface area (Å²) in [7, 11) is 0. The highest BCUT2D eigenvalue weighted by Gasteiger charge is 2.34. The highest BCUT2D eigenvalue weighted by Crippen LogP contribution is 2.33. The number of amides is 1. The summed E-state index contributed by atoms with van der Waals surface area (Å²) in [4.78, 5) is 22.9. The smallest absolute Gasteiger partial charge is 0.419 e. The topological polar surface area (TPSA) is 55.4 Å². The van der Waals surface area contributed by atoms with E-state index in [-0.39, 0.29) is 18.7 Å². The molecule has 0 spiro atoms. The van der Waals surface area contributed by atoms with Crippen molar-refractivity contribution in [2.24, 2.45) is 0 Å². The number of hydrogen-bond acceptors (Lipinski definition) is 3. The van der Waals surface area contributed by atoms with Crippen LogP contribution in [0.3, 0.4) is 0 Å². The van der Waals surface area contributed by atoms with Crippen molar-refractivity contribution in [1.29, 1.82) is 0 Å². The molecular formula is C18H15F4NO3. The SMILES string of the molecule is O=CC[C@H](Oc1ccc(F)c(C(F)(F)F)c1)C(=O)NCc1ccccc1. The Hall–Kier alpha value is -2.90. The standard InChI is InChI=1S/C18H15F4NO3/c19-15-7-6-13(10-14(15)18(20,21)22)26-16(8-9-24)17(25)23-11-12-4-2-1-3-5-12/h1-7,9-10,16H,8,11H2,(H,23,25)/t16-/m0/s1. The van der Waals surface area contributed by atoms with E-state index in [1.54, 1.807) is 30.3 Å². The molecule has 2 aromatic carbocycles. The Morgan fingerprint density at radius 1 is 1.15 bits per heavy atom. The van der Waals surface area contributed by atoms with Crippen LogP contribution in [-0.2, 0) is 22.3 Å². The maximum Gasteiger partial charge on any atom is 0.419 e. The van der Waals surface area contributed by atoms with Gasteiger partial charge in [-0.05, 0) is 23.8 Å². The molecule has 2 aromatic rings. The summed E-state index contributed by atoms with van der Waals surface area (Å²) in [6, 6.07) is 10.9. The normalized spacial score (nSPS) is 12.3. The highest BCUT2D eigenvalue weighted by atomic mass is 19.4. The Bertz CT molecular complexity index is 763. The largest absolute Gasteiger partial charge is 0.480 e. The first-order chi connectivity index (χ1) is 12.3. The molecule has 0 aromatic heterocycles. The Kier molecular flexibility index (Phi) is 6.32. The highest BCUT2D eigenvalue weighted by molar-refractivity contribution is 5.83. The number of alkyl halides is 3. The number of carbonyl (C=O) groups excluding carboxylic acids is 2. The zero-order chi connectivity index (χ0) is 19.2. The van der Waals surface area contributed by atoms with Gasteiger partial charge in [0.25, 0.3) is 5.91 Å². The Labute approximate surface area is 146 Å². The summed E-state index contributed by atoms with van der Waals surface area (Å²) >= 11 is 0. The van der Waals surface area contributed by atoms with Crippen molar-refractivity contribution in [2.45, 2.75) is 25.2 Å². The van der Waals surface area contributed by atoms with Crippen LogP contribution in [-0.4, -0.2) is 18.3 Å². The second-order valence-electron chi connectivity index (χ2n) is 5.35. The van der Waals surface area contributed by atoms with Gasteiger partial charge in [-0.3, -0.25) is 4.79 Å². The van der Waals surface area contributed by atoms with E-state index in [0.29, 0.717) is 18.4 Å². The number of benzene rings is 2. The van der Waals surface area contributed by atoms with E-state index in [0.717, 1.165) is 11.6 Å². The fourth-order valence-corrected chi connectivity index (χ4v) is 2.15. The van der Waals surface area contributed by atoms with Crippen LogP contribution in [0.5, 0.6) is 5.75 Å². The molecule has 2 rings (SSSR count). The summed E-state index contributed by atoms with van der Waals surface area (Å²) in [6.45, 7) is 0.162. The van der Waals surface area contributed by atoms with Crippen LogP contribution >= 0.6 is 0 Å². The number of halogens is 4. The molecule has 0 aliphatic carbocycles. The Morgan fingerprint density at radius 2 is 1.85 bits per heavy atom. The predicted molar refractivity (Wildman–Crippen MR) is 84.8 cm³/mol. The molecule has 138 valence electrons. The molecule has 0 aliphatic heterocycles. The minimum absolute atomic E-state index is 0.162. The second kappa shape index (κ2) is 8.46. The number of rotatable bonds is 7. The number of ether oxygens (including phenoxy) is 1. The molecule has 0 aliphatic rings. The van der Waals surface area contributed by atoms with Crippen molar-refractivity contribution in [3.05, 3.63) is 65.5 Å². The summed E-state index contributed by atoms with van der Waals surface area (Å²) < 4.78 is 56.7. The van der Waals surface area contributed by atoms with E-state index < -0.39 is 29.6 Å². The molecule has 1 N–H and O–H groups in total. The summed E-state index contributed by atoms with van der Waals surface area (Å²) in [5, 5.41) is 2.54. The zero-order valence-electron chi connectivity index (χ0n) is 13.4. The third kappa shape index (κ3) is 5.30. The third-order valence-electron chi connectivity index (χ3n) is 3.43. The second-order valence-corrected chi connectivity index (χ2v) is 5.35. The Morgan fingerprint density at radius 3 is 2.46 bits per heavy atom. The van der Waals surface area contributed by atoms with Gasteiger partial charge in [0.1, 0.15) is 17.9 Å². The first kappa shape index (κ1) is 19.4. The van der Waals surface area contributed by atoms with Gasteiger partial charge in [-0.1, -0.05) is 30.3 Å². The van der Waals surface area contributed by atoms with Crippen molar-refractivity contribution >= 4 is 12.2 Å². The lowest BCUT2D eigenvalue weighted by atomic mass is 10.2. The Balaban J connectivity index is 2.10. The molecule has 0 heterocycles. The van der Waals surface area contributed by atoms with Gasteiger partial charge in [0, 0.05) is 13.0 Å². The molecule has 0 unspecified atom stereocenters. The average Bonchev–Trinajstić information content (AvgIpc) is 2.60. The van der Waals surface area contributed by atoms with E-state index in [1.807, 2.05) is 0 Å². The monoisotopic (exact) mass is 369 g/mol. The molecular weight excluding hydrogens is 354 g/mol. The van der Waals surface area contributed by atoms with Crippen LogP contribution in [0.25, 0.3) is 0 Å². The van der Waals surface area contributed by atoms with Gasteiger partial charge in [-0.25, -0.2) is 4.39 Å². The van der Waals surface area contributed by atoms with Crippen LogP contribution in [0.2, 0.25) is 0 Å². The lowest BCUT2D eigenvalue weighted by molar-refractivity contribution is -0.140. The molecule has 0 saturated heterocycles. The van der Waals surface area contributed by atoms with E-state index in [1.165, 1.54) is 0 Å². The minimum atomic E-state index is -4.90. The van der Waals surface area contributed by atoms with Gasteiger partial charge in [-0.2, -0.15) is 13.2 Å². The van der Waals surface area contributed by atoms with Crippen LogP contribution in [0.4, 0.5) is 17.6 Å². The summed E-state index contributed by atoms with van der Waals surface area (Å²) in [5.74, 6) is -2.48. The van der Waals surface area contributed by atoms with E-state index in [4.69, 9.17) is 4.74 Å². The van der Waals surface area contributed by atoms with Gasteiger partial charge in [0.2, 0.25) is 0 Å². The van der Waals surface area contributed by atoms with E-state index in [9.17, 15) is 27.2 Å². The number of aldehydes is 1. The van der Waals surface area contributed by atoms with Crippen molar-refractivity contribution in [3.8, 4) is 5.75 Å². The fourth-order valence-electron chi connectivity index (χ4n) is 2.15.